The van der Waals surface area contributed by atoms with Crippen molar-refractivity contribution in [2.75, 3.05) is 5.32 Å². The second kappa shape index (κ2) is 5.34. The minimum atomic E-state index is 0.0223. The van der Waals surface area contributed by atoms with Gasteiger partial charge in [0.2, 0.25) is 5.91 Å². The molecule has 0 bridgehead atoms. The van der Waals surface area contributed by atoms with Crippen molar-refractivity contribution in [2.45, 2.75) is 25.2 Å². The zero-order valence-electron chi connectivity index (χ0n) is 12.3. The van der Waals surface area contributed by atoms with E-state index in [9.17, 15) is 4.79 Å². The van der Waals surface area contributed by atoms with Crippen LogP contribution >= 0.6 is 0 Å². The fraction of sp³-hybridized carbons (Fsp3) is 0.211. The molecule has 0 radical (unpaired) electrons. The number of carbonyl (C=O) groups excluding carboxylic acids is 1. The van der Waals surface area contributed by atoms with E-state index in [1.165, 1.54) is 18.4 Å². The Balaban J connectivity index is 1.42. The number of H-pyrrole nitrogens is 1. The Morgan fingerprint density at radius 2 is 1.91 bits per heavy atom. The van der Waals surface area contributed by atoms with Crippen LogP contribution in [0.2, 0.25) is 0 Å². The predicted octanol–water partition coefficient (Wildman–Crippen LogP) is 4.23. The third kappa shape index (κ3) is 2.75. The van der Waals surface area contributed by atoms with Crippen molar-refractivity contribution < 1.29 is 4.79 Å². The summed E-state index contributed by atoms with van der Waals surface area (Å²) in [7, 11) is 0. The molecule has 1 amide bonds. The molecular formula is C19H18N2O. The molecule has 1 aromatic heterocycles. The van der Waals surface area contributed by atoms with Crippen LogP contribution in [0.15, 0.2) is 54.7 Å². The van der Waals surface area contributed by atoms with Crippen LogP contribution in [0.4, 0.5) is 5.69 Å². The van der Waals surface area contributed by atoms with Crippen LogP contribution in [0.1, 0.15) is 29.9 Å². The summed E-state index contributed by atoms with van der Waals surface area (Å²) < 4.78 is 0. The number of hydrogen-bond donors (Lipinski definition) is 2. The molecule has 1 saturated carbocycles. The number of carbonyl (C=O) groups is 1. The molecule has 4 rings (SSSR count). The van der Waals surface area contributed by atoms with Gasteiger partial charge in [0.1, 0.15) is 0 Å². The molecule has 2 N–H and O–H groups in total. The lowest BCUT2D eigenvalue weighted by atomic mass is 10.1. The number of fused-ring (bicyclic) bond motifs is 1. The first-order chi connectivity index (χ1) is 10.8. The Morgan fingerprint density at radius 3 is 2.68 bits per heavy atom. The topological polar surface area (TPSA) is 44.9 Å². The summed E-state index contributed by atoms with van der Waals surface area (Å²) >= 11 is 0. The van der Waals surface area contributed by atoms with Crippen molar-refractivity contribution in [2.24, 2.45) is 0 Å². The summed E-state index contributed by atoms with van der Waals surface area (Å²) in [6.07, 6.45) is 4.90. The Bertz CT molecular complexity index is 813. The van der Waals surface area contributed by atoms with Crippen molar-refractivity contribution in [3.63, 3.8) is 0 Å². The lowest BCUT2D eigenvalue weighted by Crippen LogP contribution is -2.14. The van der Waals surface area contributed by atoms with E-state index in [1.807, 2.05) is 36.5 Å². The van der Waals surface area contributed by atoms with E-state index < -0.39 is 0 Å². The van der Waals surface area contributed by atoms with Gasteiger partial charge in [0.15, 0.2) is 0 Å². The minimum Gasteiger partial charge on any atom is -0.361 e. The number of anilines is 1. The SMILES string of the molecule is O=C(Cc1ccc2[nH]ccc2c1)Nc1ccc(C2CC2)cc1. The molecule has 3 aromatic rings. The van der Waals surface area contributed by atoms with E-state index in [2.05, 4.69) is 28.5 Å². The van der Waals surface area contributed by atoms with Gasteiger partial charge in [-0.25, -0.2) is 0 Å². The van der Waals surface area contributed by atoms with Gasteiger partial charge in [-0.1, -0.05) is 18.2 Å². The van der Waals surface area contributed by atoms with E-state index in [1.54, 1.807) is 0 Å². The normalized spacial score (nSPS) is 14.2. The third-order valence-electron chi connectivity index (χ3n) is 4.23. The van der Waals surface area contributed by atoms with Gasteiger partial charge in [-0.2, -0.15) is 0 Å². The van der Waals surface area contributed by atoms with Gasteiger partial charge >= 0.3 is 0 Å². The summed E-state index contributed by atoms with van der Waals surface area (Å²) in [5.41, 5.74) is 4.38. The molecule has 1 aliphatic rings. The molecule has 22 heavy (non-hydrogen) atoms. The van der Waals surface area contributed by atoms with Crippen LogP contribution in [0.3, 0.4) is 0 Å². The standard InChI is InChI=1S/C19H18N2O/c22-19(12-13-1-8-18-16(11-13)9-10-20-18)21-17-6-4-15(5-7-17)14-2-3-14/h1,4-11,14,20H,2-3,12H2,(H,21,22). The molecule has 2 aromatic carbocycles. The molecule has 0 atom stereocenters. The zero-order chi connectivity index (χ0) is 14.9. The van der Waals surface area contributed by atoms with Gasteiger partial charge in [-0.3, -0.25) is 4.79 Å². The lowest BCUT2D eigenvalue weighted by Gasteiger charge is -2.07. The Morgan fingerprint density at radius 1 is 1.09 bits per heavy atom. The van der Waals surface area contributed by atoms with Gasteiger partial charge in [0.05, 0.1) is 6.42 Å². The van der Waals surface area contributed by atoms with Crippen molar-refractivity contribution in [3.05, 3.63) is 65.9 Å². The summed E-state index contributed by atoms with van der Waals surface area (Å²) in [5.74, 6) is 0.770. The van der Waals surface area contributed by atoms with E-state index in [-0.39, 0.29) is 5.91 Å². The van der Waals surface area contributed by atoms with E-state index >= 15 is 0 Å². The highest BCUT2D eigenvalue weighted by Crippen LogP contribution is 2.40. The smallest absolute Gasteiger partial charge is 0.228 e. The van der Waals surface area contributed by atoms with Crippen molar-refractivity contribution in [1.29, 1.82) is 0 Å². The molecule has 0 saturated heterocycles. The molecule has 3 nitrogen and oxygen atoms in total. The van der Waals surface area contributed by atoms with Gasteiger partial charge in [-0.15, -0.1) is 0 Å². The average Bonchev–Trinajstić information content (AvgIpc) is 3.26. The second-order valence-electron chi connectivity index (χ2n) is 6.02. The number of aromatic amines is 1. The highest BCUT2D eigenvalue weighted by molar-refractivity contribution is 5.93. The summed E-state index contributed by atoms with van der Waals surface area (Å²) in [6, 6.07) is 16.3. The number of hydrogen-bond acceptors (Lipinski definition) is 1. The molecule has 1 aliphatic carbocycles. The summed E-state index contributed by atoms with van der Waals surface area (Å²) in [6.45, 7) is 0. The lowest BCUT2D eigenvalue weighted by molar-refractivity contribution is -0.115. The summed E-state index contributed by atoms with van der Waals surface area (Å²) in [5, 5.41) is 4.11. The third-order valence-corrected chi connectivity index (χ3v) is 4.23. The van der Waals surface area contributed by atoms with Crippen LogP contribution in [0.25, 0.3) is 10.9 Å². The minimum absolute atomic E-state index is 0.0223. The second-order valence-corrected chi connectivity index (χ2v) is 6.02. The quantitative estimate of drug-likeness (QED) is 0.742. The molecule has 0 aliphatic heterocycles. The number of benzene rings is 2. The molecular weight excluding hydrogens is 272 g/mol. The fourth-order valence-electron chi connectivity index (χ4n) is 2.86. The van der Waals surface area contributed by atoms with E-state index in [4.69, 9.17) is 0 Å². The first-order valence-corrected chi connectivity index (χ1v) is 7.74. The Kier molecular flexibility index (Phi) is 3.19. The average molecular weight is 290 g/mol. The van der Waals surface area contributed by atoms with Gasteiger partial charge in [0, 0.05) is 17.4 Å². The number of aromatic nitrogens is 1. The maximum atomic E-state index is 12.2. The van der Waals surface area contributed by atoms with Gasteiger partial charge in [0.25, 0.3) is 0 Å². The Labute approximate surface area is 129 Å². The molecule has 1 fully saturated rings. The number of rotatable bonds is 4. The fourth-order valence-corrected chi connectivity index (χ4v) is 2.86. The molecule has 0 unspecified atom stereocenters. The van der Waals surface area contributed by atoms with Crippen LogP contribution < -0.4 is 5.32 Å². The molecule has 1 heterocycles. The first kappa shape index (κ1) is 13.1. The van der Waals surface area contributed by atoms with Crippen LogP contribution in [0.5, 0.6) is 0 Å². The number of amides is 1. The van der Waals surface area contributed by atoms with Crippen LogP contribution in [-0.2, 0) is 11.2 Å². The monoisotopic (exact) mass is 290 g/mol. The van der Waals surface area contributed by atoms with E-state index in [0.29, 0.717) is 6.42 Å². The Hall–Kier alpha value is -2.55. The van der Waals surface area contributed by atoms with Gasteiger partial charge in [-0.05, 0) is 65.6 Å². The zero-order valence-corrected chi connectivity index (χ0v) is 12.3. The maximum Gasteiger partial charge on any atom is 0.228 e. The number of nitrogens with one attached hydrogen (secondary N) is 2. The van der Waals surface area contributed by atoms with Crippen molar-refractivity contribution in [1.82, 2.24) is 4.98 Å². The molecule has 110 valence electrons. The predicted molar refractivity (Wildman–Crippen MR) is 89.0 cm³/mol. The van der Waals surface area contributed by atoms with Crippen molar-refractivity contribution >= 4 is 22.5 Å². The van der Waals surface area contributed by atoms with Crippen LogP contribution in [0, 0.1) is 0 Å². The molecule has 0 spiro atoms. The highest BCUT2D eigenvalue weighted by atomic mass is 16.1. The highest BCUT2D eigenvalue weighted by Gasteiger charge is 2.22. The van der Waals surface area contributed by atoms with E-state index in [0.717, 1.165) is 28.1 Å². The van der Waals surface area contributed by atoms with Crippen molar-refractivity contribution in [3.8, 4) is 0 Å². The maximum absolute atomic E-state index is 12.2. The first-order valence-electron chi connectivity index (χ1n) is 7.74. The summed E-state index contributed by atoms with van der Waals surface area (Å²) in [4.78, 5) is 15.3. The van der Waals surface area contributed by atoms with Gasteiger partial charge < -0.3 is 10.3 Å². The largest absolute Gasteiger partial charge is 0.361 e. The molecule has 3 heteroatoms. The van der Waals surface area contributed by atoms with Crippen LogP contribution in [-0.4, -0.2) is 10.9 Å².